The number of guanidine groups is 1. The molecule has 1 fully saturated rings. The molecule has 3 rings (SSSR count). The van der Waals surface area contributed by atoms with Gasteiger partial charge in [0.1, 0.15) is 11.4 Å². The van der Waals surface area contributed by atoms with Gasteiger partial charge in [-0.05, 0) is 37.1 Å². The molecule has 2 unspecified atom stereocenters. The van der Waals surface area contributed by atoms with Crippen LogP contribution in [0.1, 0.15) is 31.0 Å². The lowest BCUT2D eigenvalue weighted by molar-refractivity contribution is 0.0169. The van der Waals surface area contributed by atoms with Crippen molar-refractivity contribution >= 4 is 5.96 Å². The molecule has 0 bridgehead atoms. The molecule has 7 heteroatoms. The first-order valence-electron chi connectivity index (χ1n) is 11.3. The van der Waals surface area contributed by atoms with Crippen LogP contribution < -0.4 is 15.4 Å². The predicted octanol–water partition coefficient (Wildman–Crippen LogP) is 2.53. The van der Waals surface area contributed by atoms with Crippen LogP contribution >= 0.6 is 0 Å². The number of benzene rings is 2. The summed E-state index contributed by atoms with van der Waals surface area (Å²) in [5.74, 6) is 1.54. The quantitative estimate of drug-likeness (QED) is 0.411. The van der Waals surface area contributed by atoms with Gasteiger partial charge in [0, 0.05) is 26.2 Å². The average Bonchev–Trinajstić information content (AvgIpc) is 2.84. The fourth-order valence-electron chi connectivity index (χ4n) is 3.83. The van der Waals surface area contributed by atoms with E-state index in [1.807, 2.05) is 49.4 Å². The van der Waals surface area contributed by atoms with Crippen LogP contribution in [0.2, 0.25) is 0 Å². The highest BCUT2D eigenvalue weighted by atomic mass is 16.5. The molecule has 3 N–H and O–H groups in total. The number of nitrogens with zero attached hydrogens (tertiary/aromatic N) is 2. The van der Waals surface area contributed by atoms with Crippen molar-refractivity contribution in [3.63, 3.8) is 0 Å². The van der Waals surface area contributed by atoms with E-state index in [-0.39, 0.29) is 12.6 Å². The number of aliphatic hydroxyl groups is 1. The molecule has 1 aliphatic heterocycles. The van der Waals surface area contributed by atoms with Gasteiger partial charge in [0.25, 0.3) is 0 Å². The molecule has 7 nitrogen and oxygen atoms in total. The maximum Gasteiger partial charge on any atom is 0.191 e. The molecule has 1 aliphatic rings. The zero-order valence-corrected chi connectivity index (χ0v) is 19.4. The number of aliphatic imine (C=N–C) groups is 1. The SMILES string of the molecule is CCNC(=NCC(C)(O)c1ccccc1)NCC(c1ccc(OC)cc1)N1CCOCC1. The van der Waals surface area contributed by atoms with Gasteiger partial charge >= 0.3 is 0 Å². The molecule has 0 aliphatic carbocycles. The number of ether oxygens (including phenoxy) is 2. The summed E-state index contributed by atoms with van der Waals surface area (Å²) in [4.78, 5) is 7.11. The van der Waals surface area contributed by atoms with E-state index in [4.69, 9.17) is 9.47 Å². The molecule has 0 aromatic heterocycles. The normalized spacial score (nSPS) is 17.9. The third-order valence-electron chi connectivity index (χ3n) is 5.73. The highest BCUT2D eigenvalue weighted by molar-refractivity contribution is 5.79. The highest BCUT2D eigenvalue weighted by Crippen LogP contribution is 2.24. The van der Waals surface area contributed by atoms with Crippen LogP contribution in [0.25, 0.3) is 0 Å². The van der Waals surface area contributed by atoms with Gasteiger partial charge < -0.3 is 25.2 Å². The summed E-state index contributed by atoms with van der Waals surface area (Å²) < 4.78 is 10.9. The molecule has 0 saturated carbocycles. The lowest BCUT2D eigenvalue weighted by Gasteiger charge is -2.35. The van der Waals surface area contributed by atoms with E-state index in [1.54, 1.807) is 14.0 Å². The minimum Gasteiger partial charge on any atom is -0.497 e. The first-order valence-corrected chi connectivity index (χ1v) is 11.3. The van der Waals surface area contributed by atoms with Crippen molar-refractivity contribution in [2.75, 3.05) is 53.0 Å². The van der Waals surface area contributed by atoms with Gasteiger partial charge in [0.15, 0.2) is 5.96 Å². The maximum absolute atomic E-state index is 10.9. The van der Waals surface area contributed by atoms with Crippen LogP contribution in [0.3, 0.4) is 0 Å². The second kappa shape index (κ2) is 11.9. The van der Waals surface area contributed by atoms with Crippen LogP contribution in [-0.4, -0.2) is 69.0 Å². The Morgan fingerprint density at radius 3 is 2.44 bits per heavy atom. The van der Waals surface area contributed by atoms with E-state index in [2.05, 4.69) is 32.7 Å². The molecule has 2 atom stereocenters. The maximum atomic E-state index is 10.9. The Morgan fingerprint density at radius 2 is 1.81 bits per heavy atom. The number of rotatable bonds is 9. The molecular weight excluding hydrogens is 404 g/mol. The van der Waals surface area contributed by atoms with E-state index in [0.29, 0.717) is 12.5 Å². The van der Waals surface area contributed by atoms with Crippen LogP contribution in [-0.2, 0) is 10.3 Å². The highest BCUT2D eigenvalue weighted by Gasteiger charge is 2.24. The Hall–Kier alpha value is -2.61. The molecule has 2 aromatic rings. The summed E-state index contributed by atoms with van der Waals surface area (Å²) in [5, 5.41) is 17.7. The number of hydrogen-bond donors (Lipinski definition) is 3. The van der Waals surface area contributed by atoms with Gasteiger partial charge in [-0.1, -0.05) is 42.5 Å². The second-order valence-electron chi connectivity index (χ2n) is 8.15. The molecule has 0 spiro atoms. The Kier molecular flexibility index (Phi) is 8.90. The summed E-state index contributed by atoms with van der Waals surface area (Å²) in [6.45, 7) is 8.76. The van der Waals surface area contributed by atoms with Crippen molar-refractivity contribution < 1.29 is 14.6 Å². The van der Waals surface area contributed by atoms with Crippen molar-refractivity contribution in [2.45, 2.75) is 25.5 Å². The van der Waals surface area contributed by atoms with Gasteiger partial charge in [-0.15, -0.1) is 0 Å². The van der Waals surface area contributed by atoms with E-state index >= 15 is 0 Å². The molecule has 0 radical (unpaired) electrons. The molecule has 32 heavy (non-hydrogen) atoms. The fourth-order valence-corrected chi connectivity index (χ4v) is 3.83. The van der Waals surface area contributed by atoms with Crippen LogP contribution in [0.5, 0.6) is 5.75 Å². The third kappa shape index (κ3) is 6.69. The predicted molar refractivity (Wildman–Crippen MR) is 128 cm³/mol. The minimum atomic E-state index is -1.04. The second-order valence-corrected chi connectivity index (χ2v) is 8.15. The van der Waals surface area contributed by atoms with E-state index in [0.717, 1.165) is 44.2 Å². The van der Waals surface area contributed by atoms with Gasteiger partial charge in [0.2, 0.25) is 0 Å². The van der Waals surface area contributed by atoms with Crippen molar-refractivity contribution in [3.05, 3.63) is 65.7 Å². The van der Waals surface area contributed by atoms with E-state index in [1.165, 1.54) is 5.56 Å². The minimum absolute atomic E-state index is 0.170. The Labute approximate surface area is 191 Å². The van der Waals surface area contributed by atoms with Crippen LogP contribution in [0.4, 0.5) is 0 Å². The van der Waals surface area contributed by atoms with Gasteiger partial charge in [-0.25, -0.2) is 4.99 Å². The zero-order valence-electron chi connectivity index (χ0n) is 19.4. The number of hydrogen-bond acceptors (Lipinski definition) is 5. The molecule has 2 aromatic carbocycles. The van der Waals surface area contributed by atoms with Crippen LogP contribution in [0, 0.1) is 0 Å². The Morgan fingerprint density at radius 1 is 1.12 bits per heavy atom. The van der Waals surface area contributed by atoms with E-state index < -0.39 is 5.60 Å². The van der Waals surface area contributed by atoms with Crippen molar-refractivity contribution in [1.82, 2.24) is 15.5 Å². The summed E-state index contributed by atoms with van der Waals surface area (Å²) in [6.07, 6.45) is 0. The molecule has 0 amide bonds. The largest absolute Gasteiger partial charge is 0.497 e. The summed E-state index contributed by atoms with van der Waals surface area (Å²) in [7, 11) is 1.68. The van der Waals surface area contributed by atoms with Gasteiger partial charge in [0.05, 0.1) is 32.9 Å². The summed E-state index contributed by atoms with van der Waals surface area (Å²) >= 11 is 0. The number of morpholine rings is 1. The van der Waals surface area contributed by atoms with Gasteiger partial charge in [-0.2, -0.15) is 0 Å². The number of nitrogens with one attached hydrogen (secondary N) is 2. The third-order valence-corrected chi connectivity index (χ3v) is 5.73. The topological polar surface area (TPSA) is 78.4 Å². The first-order chi connectivity index (χ1) is 15.5. The lowest BCUT2D eigenvalue weighted by atomic mass is 9.96. The molecule has 174 valence electrons. The summed E-state index contributed by atoms with van der Waals surface area (Å²) in [6, 6.07) is 18.1. The lowest BCUT2D eigenvalue weighted by Crippen LogP contribution is -2.46. The molecule has 1 saturated heterocycles. The van der Waals surface area contributed by atoms with Crippen LogP contribution in [0.15, 0.2) is 59.6 Å². The molecule has 1 heterocycles. The smallest absolute Gasteiger partial charge is 0.191 e. The molecular formula is C25H36N4O3. The van der Waals surface area contributed by atoms with Crippen molar-refractivity contribution in [2.24, 2.45) is 4.99 Å². The zero-order chi connectivity index (χ0) is 22.8. The number of methoxy groups -OCH3 is 1. The summed E-state index contributed by atoms with van der Waals surface area (Å²) in [5.41, 5.74) is 1.03. The van der Waals surface area contributed by atoms with Crippen molar-refractivity contribution in [1.29, 1.82) is 0 Å². The monoisotopic (exact) mass is 440 g/mol. The average molecular weight is 441 g/mol. The Bertz CT molecular complexity index is 834. The van der Waals surface area contributed by atoms with E-state index in [9.17, 15) is 5.11 Å². The standard InChI is InChI=1S/C25H36N4O3/c1-4-26-24(28-19-25(2,30)21-8-6-5-7-9-21)27-18-23(29-14-16-32-17-15-29)20-10-12-22(31-3)13-11-20/h5-13,23,30H,4,14-19H2,1-3H3,(H2,26,27,28). The first kappa shape index (κ1) is 24.0. The van der Waals surface area contributed by atoms with Gasteiger partial charge in [-0.3, -0.25) is 4.90 Å². The fraction of sp³-hybridized carbons (Fsp3) is 0.480. The van der Waals surface area contributed by atoms with Crippen molar-refractivity contribution in [3.8, 4) is 5.75 Å². The Balaban J connectivity index is 1.72.